The smallest absolute Gasteiger partial charge is 0.434 e. The van der Waals surface area contributed by atoms with Crippen LogP contribution in [0.3, 0.4) is 0 Å². The predicted molar refractivity (Wildman–Crippen MR) is 160 cm³/mol. The Kier molecular flexibility index (Phi) is 9.29. The van der Waals surface area contributed by atoms with Gasteiger partial charge < -0.3 is 9.64 Å². The lowest BCUT2D eigenvalue weighted by molar-refractivity contribution is -0.155. The van der Waals surface area contributed by atoms with Crippen molar-refractivity contribution in [1.82, 2.24) is 14.8 Å². The maximum atomic E-state index is 13.3. The molecule has 0 amide bonds. The van der Waals surface area contributed by atoms with Gasteiger partial charge in [0.2, 0.25) is 0 Å². The molecule has 1 aliphatic carbocycles. The van der Waals surface area contributed by atoms with Crippen molar-refractivity contribution in [3.05, 3.63) is 68.5 Å². The van der Waals surface area contributed by atoms with Gasteiger partial charge >= 0.3 is 12.1 Å². The Morgan fingerprint density at radius 1 is 1.12 bits per heavy atom. The van der Waals surface area contributed by atoms with Gasteiger partial charge in [0, 0.05) is 42.8 Å². The van der Waals surface area contributed by atoms with E-state index < -0.39 is 17.5 Å². The number of aryl methyl sites for hydroxylation is 1. The molecule has 5 nitrogen and oxygen atoms in total. The third-order valence-electron chi connectivity index (χ3n) is 8.38. The largest absolute Gasteiger partial charge is 0.460 e. The van der Waals surface area contributed by atoms with Crippen LogP contribution in [0, 0.1) is 5.92 Å². The number of aromatic nitrogens is 1. The highest BCUT2D eigenvalue weighted by molar-refractivity contribution is 6.31. The molecule has 1 fully saturated rings. The molecular formula is C32H38Cl2F3N3O2. The molecule has 0 radical (unpaired) electrons. The molecule has 0 N–H and O–H groups in total. The van der Waals surface area contributed by atoms with Crippen LogP contribution in [0.1, 0.15) is 69.0 Å². The molecule has 10 heteroatoms. The number of fused-ring (bicyclic) bond motifs is 2. The first-order valence-corrected chi connectivity index (χ1v) is 15.4. The highest BCUT2D eigenvalue weighted by atomic mass is 35.5. The Balaban J connectivity index is 1.28. The van der Waals surface area contributed by atoms with E-state index >= 15 is 0 Å². The molecule has 2 aromatic rings. The Labute approximate surface area is 256 Å². The maximum absolute atomic E-state index is 13.3. The lowest BCUT2D eigenvalue weighted by atomic mass is 9.92. The van der Waals surface area contributed by atoms with Gasteiger partial charge in [0.1, 0.15) is 5.60 Å². The molecule has 2 atom stereocenters. The van der Waals surface area contributed by atoms with Crippen LogP contribution in [0.15, 0.2) is 35.9 Å². The zero-order valence-corrected chi connectivity index (χ0v) is 25.9. The highest BCUT2D eigenvalue weighted by Crippen LogP contribution is 2.42. The van der Waals surface area contributed by atoms with Crippen molar-refractivity contribution in [2.45, 2.75) is 77.1 Å². The zero-order valence-electron chi connectivity index (χ0n) is 24.4. The number of pyridine rings is 1. The van der Waals surface area contributed by atoms with Crippen LogP contribution in [0.25, 0.3) is 5.57 Å². The number of hydrogen-bond acceptors (Lipinski definition) is 5. The number of nitrogens with zero attached hydrogens (tertiary/aromatic N) is 3. The third-order valence-corrected chi connectivity index (χ3v) is 8.92. The van der Waals surface area contributed by atoms with Crippen LogP contribution in [0.5, 0.6) is 0 Å². The number of esters is 1. The Bertz CT molecular complexity index is 1360. The van der Waals surface area contributed by atoms with E-state index in [0.29, 0.717) is 25.0 Å². The van der Waals surface area contributed by atoms with Gasteiger partial charge in [-0.25, -0.2) is 4.98 Å². The normalized spacial score (nSPS) is 21.5. The van der Waals surface area contributed by atoms with E-state index in [4.69, 9.17) is 27.9 Å². The minimum atomic E-state index is -4.58. The van der Waals surface area contributed by atoms with Gasteiger partial charge in [0.05, 0.1) is 5.02 Å². The topological polar surface area (TPSA) is 45.7 Å². The molecule has 0 saturated carbocycles. The summed E-state index contributed by atoms with van der Waals surface area (Å²) < 4.78 is 45.5. The lowest BCUT2D eigenvalue weighted by Gasteiger charge is -2.39. The molecule has 1 aromatic heterocycles. The molecule has 3 aliphatic rings. The molecule has 2 aliphatic heterocycles. The quantitative estimate of drug-likeness (QED) is 0.285. The van der Waals surface area contributed by atoms with Crippen molar-refractivity contribution in [1.29, 1.82) is 0 Å². The summed E-state index contributed by atoms with van der Waals surface area (Å²) in [6, 6.07) is 9.19. The first kappa shape index (κ1) is 31.3. The van der Waals surface area contributed by atoms with Gasteiger partial charge in [-0.15, -0.1) is 0 Å². The molecule has 0 spiro atoms. The zero-order chi connectivity index (χ0) is 30.2. The number of carbonyl (C=O) groups excluding carboxylic acids is 1. The molecule has 228 valence electrons. The highest BCUT2D eigenvalue weighted by Gasteiger charge is 2.38. The average molecular weight is 625 g/mol. The number of hydrogen-bond donors (Lipinski definition) is 0. The van der Waals surface area contributed by atoms with Crippen LogP contribution >= 0.6 is 23.2 Å². The maximum Gasteiger partial charge on any atom is 0.434 e. The summed E-state index contributed by atoms with van der Waals surface area (Å²) in [6.07, 6.45) is -0.279. The second-order valence-electron chi connectivity index (χ2n) is 12.7. The Morgan fingerprint density at radius 3 is 2.64 bits per heavy atom. The van der Waals surface area contributed by atoms with Crippen molar-refractivity contribution >= 4 is 34.7 Å². The van der Waals surface area contributed by atoms with Gasteiger partial charge in [-0.05, 0) is 118 Å². The number of benzene rings is 1. The van der Waals surface area contributed by atoms with Crippen LogP contribution < -0.4 is 0 Å². The number of halogens is 5. The van der Waals surface area contributed by atoms with E-state index in [9.17, 15) is 18.0 Å². The second-order valence-corrected chi connectivity index (χ2v) is 13.6. The summed E-state index contributed by atoms with van der Waals surface area (Å²) >= 11 is 12.1. The fraction of sp³-hybridized carbons (Fsp3) is 0.562. The SMILES string of the molecule is CC(C)(C)OC(=O)CC1CCN(CC2C3=C(CCN2CCCc2ccc(Cl)c(C(F)(F)F)n2)c2cc(Cl)ccc2C3)C1. The fourth-order valence-electron chi connectivity index (χ4n) is 6.60. The molecule has 2 unspecified atom stereocenters. The van der Waals surface area contributed by atoms with E-state index in [2.05, 4.69) is 26.9 Å². The molecule has 5 rings (SSSR count). The van der Waals surface area contributed by atoms with E-state index in [1.54, 1.807) is 6.07 Å². The van der Waals surface area contributed by atoms with Gasteiger partial charge in [-0.2, -0.15) is 13.2 Å². The number of rotatable bonds is 8. The summed E-state index contributed by atoms with van der Waals surface area (Å²) in [5.41, 5.74) is 4.22. The molecule has 0 bridgehead atoms. The first-order valence-electron chi connectivity index (χ1n) is 14.7. The van der Waals surface area contributed by atoms with Gasteiger partial charge in [0.25, 0.3) is 0 Å². The lowest BCUT2D eigenvalue weighted by Crippen LogP contribution is -2.48. The van der Waals surface area contributed by atoms with Crippen molar-refractivity contribution in [2.75, 3.05) is 32.7 Å². The Morgan fingerprint density at radius 2 is 1.90 bits per heavy atom. The summed E-state index contributed by atoms with van der Waals surface area (Å²) in [4.78, 5) is 21.2. The van der Waals surface area contributed by atoms with Crippen LogP contribution in [-0.4, -0.2) is 65.1 Å². The predicted octanol–water partition coefficient (Wildman–Crippen LogP) is 7.48. The van der Waals surface area contributed by atoms with E-state index in [1.807, 2.05) is 26.8 Å². The molecular weight excluding hydrogens is 586 g/mol. The summed E-state index contributed by atoms with van der Waals surface area (Å²) in [5, 5.41) is 0.359. The standard InChI is InChI=1S/C32H38Cl2F3N3O2/c1-31(2,3)42-29(41)15-20-10-13-39(18-20)19-28-26-16-21-6-7-22(33)17-25(21)24(26)11-14-40(28)12-4-5-23-8-9-27(34)30(38-23)32(35,36)37/h6-9,17,20,28H,4-5,10-16,18-19H2,1-3H3. The van der Waals surface area contributed by atoms with Crippen molar-refractivity contribution in [2.24, 2.45) is 5.92 Å². The van der Waals surface area contributed by atoms with E-state index in [0.717, 1.165) is 57.0 Å². The van der Waals surface area contributed by atoms with Gasteiger partial charge in [0.15, 0.2) is 5.69 Å². The Hall–Kier alpha value is -2.13. The first-order chi connectivity index (χ1) is 19.8. The average Bonchev–Trinajstić information content (AvgIpc) is 3.48. The summed E-state index contributed by atoms with van der Waals surface area (Å²) in [5.74, 6) is 0.120. The minimum Gasteiger partial charge on any atom is -0.460 e. The van der Waals surface area contributed by atoms with E-state index in [1.165, 1.54) is 28.3 Å². The van der Waals surface area contributed by atoms with Crippen LogP contribution in [-0.2, 0) is 28.5 Å². The molecule has 42 heavy (non-hydrogen) atoms. The van der Waals surface area contributed by atoms with Crippen molar-refractivity contribution in [3.63, 3.8) is 0 Å². The number of alkyl halides is 3. The van der Waals surface area contributed by atoms with Gasteiger partial charge in [-0.1, -0.05) is 29.3 Å². The monoisotopic (exact) mass is 623 g/mol. The third kappa shape index (κ3) is 7.50. The molecule has 1 aromatic carbocycles. The minimum absolute atomic E-state index is 0.147. The molecule has 3 heterocycles. The van der Waals surface area contributed by atoms with Crippen LogP contribution in [0.4, 0.5) is 13.2 Å². The van der Waals surface area contributed by atoms with Gasteiger partial charge in [-0.3, -0.25) is 9.69 Å². The molecule has 1 saturated heterocycles. The number of carbonyl (C=O) groups is 1. The van der Waals surface area contributed by atoms with E-state index in [-0.39, 0.29) is 23.0 Å². The number of likely N-dealkylation sites (tertiary alicyclic amines) is 1. The number of ether oxygens (including phenoxy) is 1. The van der Waals surface area contributed by atoms with Crippen LogP contribution in [0.2, 0.25) is 10.0 Å². The van der Waals surface area contributed by atoms with Crippen molar-refractivity contribution in [3.8, 4) is 0 Å². The summed E-state index contributed by atoms with van der Waals surface area (Å²) in [6.45, 7) is 9.90. The van der Waals surface area contributed by atoms with Crippen molar-refractivity contribution < 1.29 is 22.7 Å². The fourth-order valence-corrected chi connectivity index (χ4v) is 6.98. The second kappa shape index (κ2) is 12.5. The summed E-state index contributed by atoms with van der Waals surface area (Å²) in [7, 11) is 0.